The largest absolute Gasteiger partial charge is 0.372 e. The standard InChI is InChI=1S/C14H23N3OS/c1-14(2)9-17(6-7-18-14)13-16-12(10-4-5-10)11(19-13)8-15-3/h10,15H,4-9H2,1-3H3. The molecule has 1 aromatic rings. The first-order valence-corrected chi connectivity index (χ1v) is 7.94. The van der Waals surface area contributed by atoms with Crippen LogP contribution in [0.1, 0.15) is 43.2 Å². The van der Waals surface area contributed by atoms with Crippen molar-refractivity contribution in [3.05, 3.63) is 10.6 Å². The lowest BCUT2D eigenvalue weighted by Crippen LogP contribution is -2.48. The third-order valence-electron chi connectivity index (χ3n) is 3.71. The van der Waals surface area contributed by atoms with Gasteiger partial charge in [-0.05, 0) is 33.7 Å². The van der Waals surface area contributed by atoms with E-state index in [0.717, 1.165) is 32.2 Å². The molecule has 1 saturated carbocycles. The van der Waals surface area contributed by atoms with E-state index in [2.05, 4.69) is 24.1 Å². The van der Waals surface area contributed by atoms with Crippen LogP contribution in [-0.2, 0) is 11.3 Å². The number of hydrogen-bond donors (Lipinski definition) is 1. The summed E-state index contributed by atoms with van der Waals surface area (Å²) in [7, 11) is 2.01. The highest BCUT2D eigenvalue weighted by atomic mass is 32.1. The summed E-state index contributed by atoms with van der Waals surface area (Å²) in [6.07, 6.45) is 2.63. The molecule has 1 saturated heterocycles. The van der Waals surface area contributed by atoms with Gasteiger partial charge < -0.3 is 15.0 Å². The highest BCUT2D eigenvalue weighted by Crippen LogP contribution is 2.44. The average Bonchev–Trinajstić information content (AvgIpc) is 3.10. The number of morpholine rings is 1. The first-order valence-electron chi connectivity index (χ1n) is 7.12. The van der Waals surface area contributed by atoms with Crippen LogP contribution < -0.4 is 10.2 Å². The van der Waals surface area contributed by atoms with E-state index in [0.29, 0.717) is 0 Å². The van der Waals surface area contributed by atoms with Crippen molar-refractivity contribution in [2.75, 3.05) is 31.6 Å². The second-order valence-corrected chi connectivity index (χ2v) is 7.20. The quantitative estimate of drug-likeness (QED) is 0.919. The van der Waals surface area contributed by atoms with Crippen molar-refractivity contribution in [3.63, 3.8) is 0 Å². The molecule has 2 fully saturated rings. The molecule has 0 radical (unpaired) electrons. The van der Waals surface area contributed by atoms with E-state index in [4.69, 9.17) is 9.72 Å². The predicted molar refractivity (Wildman–Crippen MR) is 79.1 cm³/mol. The van der Waals surface area contributed by atoms with Crippen molar-refractivity contribution in [2.45, 2.75) is 44.8 Å². The number of rotatable bonds is 4. The fourth-order valence-corrected chi connectivity index (χ4v) is 3.81. The van der Waals surface area contributed by atoms with Crippen LogP contribution in [-0.4, -0.2) is 37.3 Å². The lowest BCUT2D eigenvalue weighted by molar-refractivity contribution is -0.0277. The maximum Gasteiger partial charge on any atom is 0.186 e. The van der Waals surface area contributed by atoms with Crippen LogP contribution in [0.2, 0.25) is 0 Å². The minimum atomic E-state index is -0.0627. The monoisotopic (exact) mass is 281 g/mol. The van der Waals surface area contributed by atoms with Gasteiger partial charge in [0.2, 0.25) is 0 Å². The maximum absolute atomic E-state index is 5.78. The summed E-state index contributed by atoms with van der Waals surface area (Å²) >= 11 is 1.86. The van der Waals surface area contributed by atoms with Crippen molar-refractivity contribution in [2.24, 2.45) is 0 Å². The van der Waals surface area contributed by atoms with Gasteiger partial charge in [-0.1, -0.05) is 0 Å². The number of nitrogens with one attached hydrogen (secondary N) is 1. The first kappa shape index (κ1) is 13.3. The number of ether oxygens (including phenoxy) is 1. The molecule has 4 nitrogen and oxygen atoms in total. The van der Waals surface area contributed by atoms with Crippen molar-refractivity contribution in [1.82, 2.24) is 10.3 Å². The van der Waals surface area contributed by atoms with Crippen LogP contribution in [0.25, 0.3) is 0 Å². The molecule has 0 aromatic carbocycles. The highest BCUT2D eigenvalue weighted by molar-refractivity contribution is 7.15. The molecule has 5 heteroatoms. The van der Waals surface area contributed by atoms with Crippen molar-refractivity contribution in [1.29, 1.82) is 0 Å². The van der Waals surface area contributed by atoms with Gasteiger partial charge in [0.25, 0.3) is 0 Å². The zero-order valence-electron chi connectivity index (χ0n) is 12.0. The Labute approximate surface area is 119 Å². The van der Waals surface area contributed by atoms with E-state index >= 15 is 0 Å². The van der Waals surface area contributed by atoms with Gasteiger partial charge in [-0.3, -0.25) is 0 Å². The summed E-state index contributed by atoms with van der Waals surface area (Å²) in [6.45, 7) is 7.94. The van der Waals surface area contributed by atoms with E-state index in [1.54, 1.807) is 0 Å². The van der Waals surface area contributed by atoms with Crippen LogP contribution in [0, 0.1) is 0 Å². The topological polar surface area (TPSA) is 37.4 Å². The molecule has 19 heavy (non-hydrogen) atoms. The van der Waals surface area contributed by atoms with Crippen LogP contribution >= 0.6 is 11.3 Å². The van der Waals surface area contributed by atoms with Crippen molar-refractivity contribution in [3.8, 4) is 0 Å². The molecule has 0 unspecified atom stereocenters. The van der Waals surface area contributed by atoms with E-state index in [1.165, 1.54) is 28.5 Å². The SMILES string of the molecule is CNCc1sc(N2CCOC(C)(C)C2)nc1C1CC1. The lowest BCUT2D eigenvalue weighted by atomic mass is 10.1. The van der Waals surface area contributed by atoms with Gasteiger partial charge >= 0.3 is 0 Å². The molecule has 1 aliphatic heterocycles. The fraction of sp³-hybridized carbons (Fsp3) is 0.786. The molecule has 1 N–H and O–H groups in total. The second-order valence-electron chi connectivity index (χ2n) is 6.14. The Bertz CT molecular complexity index is 454. The Kier molecular flexibility index (Phi) is 3.53. The first-order chi connectivity index (χ1) is 9.09. The molecule has 0 bridgehead atoms. The van der Waals surface area contributed by atoms with Gasteiger partial charge in [-0.25, -0.2) is 4.98 Å². The third kappa shape index (κ3) is 2.93. The molecule has 3 rings (SSSR count). The van der Waals surface area contributed by atoms with Gasteiger partial charge in [0.15, 0.2) is 5.13 Å². The summed E-state index contributed by atoms with van der Waals surface area (Å²) < 4.78 is 5.78. The molecule has 0 atom stereocenters. The summed E-state index contributed by atoms with van der Waals surface area (Å²) in [5, 5.41) is 4.45. The van der Waals surface area contributed by atoms with E-state index in [-0.39, 0.29) is 5.60 Å². The number of aromatic nitrogens is 1. The van der Waals surface area contributed by atoms with Gasteiger partial charge in [0, 0.05) is 30.4 Å². The van der Waals surface area contributed by atoms with Gasteiger partial charge in [0.1, 0.15) is 0 Å². The van der Waals surface area contributed by atoms with Gasteiger partial charge in [0.05, 0.1) is 17.9 Å². The molecular formula is C14H23N3OS. The summed E-state index contributed by atoms with van der Waals surface area (Å²) in [5.41, 5.74) is 1.28. The van der Waals surface area contributed by atoms with Crippen LogP contribution in [0.15, 0.2) is 0 Å². The number of nitrogens with zero attached hydrogens (tertiary/aromatic N) is 2. The molecule has 2 aliphatic rings. The maximum atomic E-state index is 5.78. The highest BCUT2D eigenvalue weighted by Gasteiger charge is 2.33. The summed E-state index contributed by atoms with van der Waals surface area (Å²) in [6, 6.07) is 0. The Morgan fingerprint density at radius 2 is 2.26 bits per heavy atom. The Balaban J connectivity index is 1.82. The molecule has 0 amide bonds. The molecule has 1 aliphatic carbocycles. The van der Waals surface area contributed by atoms with Crippen LogP contribution in [0.4, 0.5) is 5.13 Å². The zero-order chi connectivity index (χ0) is 13.5. The number of hydrogen-bond acceptors (Lipinski definition) is 5. The van der Waals surface area contributed by atoms with Crippen LogP contribution in [0.5, 0.6) is 0 Å². The summed E-state index contributed by atoms with van der Waals surface area (Å²) in [5.74, 6) is 0.724. The Hall–Kier alpha value is -0.650. The van der Waals surface area contributed by atoms with E-state index in [9.17, 15) is 0 Å². The minimum Gasteiger partial charge on any atom is -0.372 e. The minimum absolute atomic E-state index is 0.0627. The van der Waals surface area contributed by atoms with Crippen LogP contribution in [0.3, 0.4) is 0 Å². The smallest absolute Gasteiger partial charge is 0.186 e. The molecule has 106 valence electrons. The fourth-order valence-electron chi connectivity index (χ4n) is 2.63. The molecule has 2 heterocycles. The van der Waals surface area contributed by atoms with E-state index < -0.39 is 0 Å². The molecule has 1 aromatic heterocycles. The number of thiazole rings is 1. The lowest BCUT2D eigenvalue weighted by Gasteiger charge is -2.38. The van der Waals surface area contributed by atoms with Crippen molar-refractivity contribution >= 4 is 16.5 Å². The van der Waals surface area contributed by atoms with Gasteiger partial charge in [-0.15, -0.1) is 11.3 Å². The molecular weight excluding hydrogens is 258 g/mol. The average molecular weight is 281 g/mol. The van der Waals surface area contributed by atoms with E-state index in [1.807, 2.05) is 18.4 Å². The second kappa shape index (κ2) is 5.04. The predicted octanol–water partition coefficient (Wildman–Crippen LogP) is 2.36. The molecule has 0 spiro atoms. The van der Waals surface area contributed by atoms with Crippen molar-refractivity contribution < 1.29 is 4.74 Å². The Morgan fingerprint density at radius 1 is 1.47 bits per heavy atom. The third-order valence-corrected chi connectivity index (χ3v) is 4.85. The summed E-state index contributed by atoms with van der Waals surface area (Å²) in [4.78, 5) is 8.74. The normalized spacial score (nSPS) is 22.8. The Morgan fingerprint density at radius 3 is 2.89 bits per heavy atom. The number of anilines is 1. The van der Waals surface area contributed by atoms with Gasteiger partial charge in [-0.2, -0.15) is 0 Å². The zero-order valence-corrected chi connectivity index (χ0v) is 12.8.